The highest BCUT2D eigenvalue weighted by Gasteiger charge is 2.81. The Morgan fingerprint density at radius 2 is 1.59 bits per heavy atom. The predicted molar refractivity (Wildman–Crippen MR) is 108 cm³/mol. The topological polar surface area (TPSA) is 47.9 Å². The summed E-state index contributed by atoms with van der Waals surface area (Å²) >= 11 is 0. The molecule has 4 heteroatoms. The first-order valence-electron chi connectivity index (χ1n) is 12.3. The normalized spacial score (nSPS) is 65.9. The first-order valence-corrected chi connectivity index (χ1v) is 12.3. The zero-order chi connectivity index (χ0) is 20.0. The van der Waals surface area contributed by atoms with E-state index in [1.54, 1.807) is 0 Å². The molecule has 7 aliphatic rings. The van der Waals surface area contributed by atoms with E-state index in [0.717, 1.165) is 36.5 Å². The fourth-order valence-corrected chi connectivity index (χ4v) is 10.5. The Morgan fingerprint density at radius 1 is 0.862 bits per heavy atom. The molecule has 0 radical (unpaired) electrons. The number of aliphatic hydroxyl groups is 1. The second-order valence-electron chi connectivity index (χ2n) is 12.6. The van der Waals surface area contributed by atoms with E-state index in [0.29, 0.717) is 42.8 Å². The van der Waals surface area contributed by atoms with Gasteiger partial charge >= 0.3 is 0 Å². The molecule has 7 rings (SSSR count). The average molecular weight is 403 g/mol. The monoisotopic (exact) mass is 402 g/mol. The SMILES string of the molecule is COC1(C)C2CC2C2C3C4CC4C4(O)CC5(CCC4(C)C3CCC21C)OCCO5. The van der Waals surface area contributed by atoms with Gasteiger partial charge in [0.15, 0.2) is 5.79 Å². The van der Waals surface area contributed by atoms with Crippen LogP contribution >= 0.6 is 0 Å². The molecule has 11 unspecified atom stereocenters. The van der Waals surface area contributed by atoms with Crippen LogP contribution in [0.3, 0.4) is 0 Å². The molecule has 1 heterocycles. The zero-order valence-corrected chi connectivity index (χ0v) is 18.6. The molecule has 0 aromatic rings. The molecule has 1 saturated heterocycles. The lowest BCUT2D eigenvalue weighted by Crippen LogP contribution is -2.67. The van der Waals surface area contributed by atoms with Crippen molar-refractivity contribution in [2.75, 3.05) is 20.3 Å². The molecule has 11 atom stereocenters. The highest BCUT2D eigenvalue weighted by Crippen LogP contribution is 2.82. The summed E-state index contributed by atoms with van der Waals surface area (Å²) in [6.45, 7) is 8.79. The summed E-state index contributed by atoms with van der Waals surface area (Å²) in [6, 6.07) is 0. The summed E-state index contributed by atoms with van der Waals surface area (Å²) in [6.07, 6.45) is 7.81. The maximum atomic E-state index is 12.3. The molecule has 0 bridgehead atoms. The molecule has 4 nitrogen and oxygen atoms in total. The minimum atomic E-state index is -0.610. The number of rotatable bonds is 1. The van der Waals surface area contributed by atoms with Gasteiger partial charge in [-0.1, -0.05) is 13.8 Å². The second-order valence-corrected chi connectivity index (χ2v) is 12.6. The maximum absolute atomic E-state index is 12.3. The summed E-state index contributed by atoms with van der Waals surface area (Å²) in [5.41, 5.74) is -0.244. The third kappa shape index (κ3) is 1.83. The number of hydrogen-bond acceptors (Lipinski definition) is 4. The molecule has 1 spiro atoms. The summed E-state index contributed by atoms with van der Waals surface area (Å²) < 4.78 is 18.5. The van der Waals surface area contributed by atoms with Crippen LogP contribution in [0.4, 0.5) is 0 Å². The first-order chi connectivity index (χ1) is 13.7. The van der Waals surface area contributed by atoms with Gasteiger partial charge in [0.1, 0.15) is 0 Å². The van der Waals surface area contributed by atoms with E-state index >= 15 is 0 Å². The van der Waals surface area contributed by atoms with Crippen LogP contribution in [-0.2, 0) is 14.2 Å². The Kier molecular flexibility index (Phi) is 3.23. The van der Waals surface area contributed by atoms with Gasteiger partial charge in [-0.25, -0.2) is 0 Å². The van der Waals surface area contributed by atoms with E-state index in [9.17, 15) is 5.11 Å². The van der Waals surface area contributed by atoms with E-state index in [2.05, 4.69) is 20.8 Å². The van der Waals surface area contributed by atoms with Crippen molar-refractivity contribution in [2.45, 2.75) is 82.7 Å². The van der Waals surface area contributed by atoms with Crippen LogP contribution in [0.15, 0.2) is 0 Å². The van der Waals surface area contributed by atoms with Crippen molar-refractivity contribution >= 4 is 0 Å². The van der Waals surface area contributed by atoms with E-state index in [1.165, 1.54) is 25.7 Å². The Balaban J connectivity index is 1.28. The van der Waals surface area contributed by atoms with Gasteiger partial charge in [-0.2, -0.15) is 0 Å². The van der Waals surface area contributed by atoms with Crippen molar-refractivity contribution in [3.8, 4) is 0 Å². The zero-order valence-electron chi connectivity index (χ0n) is 18.6. The summed E-state index contributed by atoms with van der Waals surface area (Å²) in [5.74, 6) is 4.52. The first kappa shape index (κ1) is 18.4. The molecule has 6 saturated carbocycles. The van der Waals surface area contributed by atoms with Gasteiger partial charge in [-0.3, -0.25) is 0 Å². The quantitative estimate of drug-likeness (QED) is 0.720. The molecule has 29 heavy (non-hydrogen) atoms. The predicted octanol–water partition coefficient (Wildman–Crippen LogP) is 4.00. The van der Waals surface area contributed by atoms with Crippen molar-refractivity contribution in [3.05, 3.63) is 0 Å². The highest BCUT2D eigenvalue weighted by atomic mass is 16.7. The van der Waals surface area contributed by atoms with Crippen LogP contribution < -0.4 is 0 Å². The van der Waals surface area contributed by atoms with Crippen molar-refractivity contribution < 1.29 is 19.3 Å². The number of methoxy groups -OCH3 is 1. The fraction of sp³-hybridized carbons (Fsp3) is 1.00. The molecule has 0 aromatic heterocycles. The number of fused-ring (bicyclic) bond motifs is 10. The molecule has 7 fully saturated rings. The van der Waals surface area contributed by atoms with Crippen molar-refractivity contribution in [2.24, 2.45) is 52.3 Å². The lowest BCUT2D eigenvalue weighted by molar-refractivity contribution is -0.292. The Hall–Kier alpha value is -0.160. The fourth-order valence-electron chi connectivity index (χ4n) is 10.5. The van der Waals surface area contributed by atoms with Crippen LogP contribution in [0, 0.1) is 52.3 Å². The molecule has 1 N–H and O–H groups in total. The molecule has 0 amide bonds. The lowest BCUT2D eigenvalue weighted by atomic mass is 9.42. The van der Waals surface area contributed by atoms with Crippen LogP contribution in [0.1, 0.15) is 65.7 Å². The van der Waals surface area contributed by atoms with Crippen LogP contribution in [0.5, 0.6) is 0 Å². The van der Waals surface area contributed by atoms with Gasteiger partial charge in [0.25, 0.3) is 0 Å². The molecule has 162 valence electrons. The minimum Gasteiger partial charge on any atom is -0.389 e. The molecule has 6 aliphatic carbocycles. The van der Waals surface area contributed by atoms with Gasteiger partial charge in [-0.15, -0.1) is 0 Å². The molecule has 0 aromatic carbocycles. The lowest BCUT2D eigenvalue weighted by Gasteiger charge is -2.65. The van der Waals surface area contributed by atoms with Crippen LogP contribution in [-0.4, -0.2) is 42.4 Å². The van der Waals surface area contributed by atoms with E-state index in [1.807, 2.05) is 7.11 Å². The van der Waals surface area contributed by atoms with Crippen molar-refractivity contribution in [3.63, 3.8) is 0 Å². The largest absolute Gasteiger partial charge is 0.389 e. The highest BCUT2D eigenvalue weighted by molar-refractivity contribution is 5.29. The maximum Gasteiger partial charge on any atom is 0.171 e. The van der Waals surface area contributed by atoms with E-state index in [4.69, 9.17) is 14.2 Å². The number of hydrogen-bond donors (Lipinski definition) is 1. The van der Waals surface area contributed by atoms with Crippen molar-refractivity contribution in [1.82, 2.24) is 0 Å². The van der Waals surface area contributed by atoms with E-state index in [-0.39, 0.29) is 11.0 Å². The summed E-state index contributed by atoms with van der Waals surface area (Å²) in [7, 11) is 1.96. The third-order valence-electron chi connectivity index (χ3n) is 12.3. The molecule has 1 aliphatic heterocycles. The Labute approximate surface area is 175 Å². The Bertz CT molecular complexity index is 762. The van der Waals surface area contributed by atoms with Crippen LogP contribution in [0.2, 0.25) is 0 Å². The summed E-state index contributed by atoms with van der Waals surface area (Å²) in [4.78, 5) is 0. The van der Waals surface area contributed by atoms with Gasteiger partial charge in [-0.05, 0) is 85.9 Å². The van der Waals surface area contributed by atoms with Gasteiger partial charge in [0.05, 0.1) is 24.4 Å². The second kappa shape index (κ2) is 5.08. The number of ether oxygens (including phenoxy) is 3. The Morgan fingerprint density at radius 3 is 2.31 bits per heavy atom. The van der Waals surface area contributed by atoms with E-state index < -0.39 is 11.4 Å². The smallest absolute Gasteiger partial charge is 0.171 e. The third-order valence-corrected chi connectivity index (χ3v) is 12.3. The van der Waals surface area contributed by atoms with Crippen molar-refractivity contribution in [1.29, 1.82) is 0 Å². The van der Waals surface area contributed by atoms with Gasteiger partial charge in [0, 0.05) is 25.4 Å². The standard InChI is InChI=1S/C25H38O4/c1-21-7-8-24(28-9-10-29-24)13-25(21,26)18-11-14(18)19-16(21)5-6-22(2)20(19)15-12-17(15)23(22,3)27-4/h14-20,26H,5-13H2,1-4H3. The van der Waals surface area contributed by atoms with Gasteiger partial charge in [0.2, 0.25) is 0 Å². The van der Waals surface area contributed by atoms with Gasteiger partial charge < -0.3 is 19.3 Å². The van der Waals surface area contributed by atoms with Crippen LogP contribution in [0.25, 0.3) is 0 Å². The minimum absolute atomic E-state index is 0.00761. The average Bonchev–Trinajstić information content (AvgIpc) is 3.60. The molecular weight excluding hydrogens is 364 g/mol. The summed E-state index contributed by atoms with van der Waals surface area (Å²) in [5, 5.41) is 12.3. The molecular formula is C25H38O4.